The van der Waals surface area contributed by atoms with Gasteiger partial charge in [0, 0.05) is 56.7 Å². The van der Waals surface area contributed by atoms with Crippen molar-refractivity contribution < 1.29 is 4.79 Å². The molecule has 6 nitrogen and oxygen atoms in total. The third-order valence-corrected chi connectivity index (χ3v) is 8.54. The summed E-state index contributed by atoms with van der Waals surface area (Å²) < 4.78 is 0. The van der Waals surface area contributed by atoms with Gasteiger partial charge in [0.15, 0.2) is 0 Å². The van der Waals surface area contributed by atoms with Gasteiger partial charge in [-0.1, -0.05) is 60.2 Å². The summed E-state index contributed by atoms with van der Waals surface area (Å²) >= 11 is 0. The highest BCUT2D eigenvalue weighted by Gasteiger charge is 2.28. The van der Waals surface area contributed by atoms with Crippen molar-refractivity contribution in [1.29, 1.82) is 0 Å². The topological polar surface area (TPSA) is 51.7 Å². The lowest BCUT2D eigenvalue weighted by atomic mass is 9.89. The van der Waals surface area contributed by atoms with Gasteiger partial charge in [-0.3, -0.25) is 5.32 Å². The molecule has 3 heterocycles. The number of amides is 2. The second kappa shape index (κ2) is 11.8. The Morgan fingerprint density at radius 2 is 1.68 bits per heavy atom. The molecule has 41 heavy (non-hydrogen) atoms. The molecular formula is C35H39N5O. The third-order valence-electron chi connectivity index (χ3n) is 8.54. The van der Waals surface area contributed by atoms with Crippen LogP contribution in [0, 0.1) is 13.8 Å². The fourth-order valence-electron chi connectivity index (χ4n) is 6.19. The van der Waals surface area contributed by atoms with Crippen LogP contribution in [0.2, 0.25) is 0 Å². The lowest BCUT2D eigenvalue weighted by Gasteiger charge is -2.38. The number of urea groups is 1. The van der Waals surface area contributed by atoms with E-state index in [4.69, 9.17) is 0 Å². The van der Waals surface area contributed by atoms with Gasteiger partial charge < -0.3 is 14.7 Å². The predicted octanol–water partition coefficient (Wildman–Crippen LogP) is 6.30. The van der Waals surface area contributed by atoms with Crippen molar-refractivity contribution in [1.82, 2.24) is 14.8 Å². The number of benzene rings is 3. The molecule has 1 N–H and O–H groups in total. The van der Waals surface area contributed by atoms with E-state index in [9.17, 15) is 4.79 Å². The summed E-state index contributed by atoms with van der Waals surface area (Å²) in [6, 6.07) is 25.5. The number of anilines is 2. The maximum absolute atomic E-state index is 13.5. The van der Waals surface area contributed by atoms with Gasteiger partial charge >= 0.3 is 6.03 Å². The molecule has 0 saturated carbocycles. The van der Waals surface area contributed by atoms with Crippen LogP contribution in [0.25, 0.3) is 11.1 Å². The molecule has 6 rings (SSSR count). The highest BCUT2D eigenvalue weighted by molar-refractivity contribution is 5.89. The number of nitrogens with one attached hydrogen (secondary N) is 1. The molecule has 4 aromatic rings. The molecule has 2 aliphatic rings. The number of carbonyl (C=O) groups is 1. The number of pyridine rings is 1. The number of nitrogens with zero attached hydrogens (tertiary/aromatic N) is 4. The van der Waals surface area contributed by atoms with Crippen LogP contribution < -0.4 is 10.2 Å². The monoisotopic (exact) mass is 545 g/mol. The zero-order valence-electron chi connectivity index (χ0n) is 24.4. The molecule has 0 atom stereocenters. The van der Waals surface area contributed by atoms with Crippen molar-refractivity contribution in [2.45, 2.75) is 33.2 Å². The fourth-order valence-corrected chi connectivity index (χ4v) is 6.19. The van der Waals surface area contributed by atoms with Crippen LogP contribution >= 0.6 is 0 Å². The SMILES string of the molecule is Cc1ccc(-c2ccc(NC(=O)N3CCc4c(Cc5ccccc5)ccc(N5CCN(C)CC5)c4C3)nc2)c(C)c1. The summed E-state index contributed by atoms with van der Waals surface area (Å²) in [6.45, 7) is 9.62. The number of carbonyl (C=O) groups excluding carboxylic acids is 1. The van der Waals surface area contributed by atoms with Crippen LogP contribution in [0.3, 0.4) is 0 Å². The maximum atomic E-state index is 13.5. The van der Waals surface area contributed by atoms with Crippen molar-refractivity contribution in [3.63, 3.8) is 0 Å². The summed E-state index contributed by atoms with van der Waals surface area (Å²) in [7, 11) is 2.18. The summed E-state index contributed by atoms with van der Waals surface area (Å²) in [5, 5.41) is 3.06. The molecule has 1 aromatic heterocycles. The van der Waals surface area contributed by atoms with Crippen LogP contribution in [0.1, 0.15) is 33.4 Å². The van der Waals surface area contributed by atoms with Gasteiger partial charge in [-0.25, -0.2) is 9.78 Å². The maximum Gasteiger partial charge on any atom is 0.323 e. The largest absolute Gasteiger partial charge is 0.369 e. The molecule has 3 aromatic carbocycles. The van der Waals surface area contributed by atoms with Gasteiger partial charge in [0.2, 0.25) is 0 Å². The molecule has 0 bridgehead atoms. The Bertz CT molecular complexity index is 1520. The highest BCUT2D eigenvalue weighted by atomic mass is 16.2. The second-order valence-electron chi connectivity index (χ2n) is 11.5. The molecule has 0 aliphatic carbocycles. The van der Waals surface area contributed by atoms with Crippen molar-refractivity contribution in [2.75, 3.05) is 50.0 Å². The van der Waals surface area contributed by atoms with Crippen LogP contribution in [-0.4, -0.2) is 60.6 Å². The summed E-state index contributed by atoms with van der Waals surface area (Å²) in [4.78, 5) is 24.9. The molecule has 6 heteroatoms. The molecule has 0 radical (unpaired) electrons. The number of hydrogen-bond acceptors (Lipinski definition) is 4. The smallest absolute Gasteiger partial charge is 0.323 e. The van der Waals surface area contributed by atoms with E-state index < -0.39 is 0 Å². The Hall–Kier alpha value is -4.16. The third kappa shape index (κ3) is 5.98. The lowest BCUT2D eigenvalue weighted by molar-refractivity contribution is 0.206. The number of piperazine rings is 1. The predicted molar refractivity (Wildman–Crippen MR) is 168 cm³/mol. The normalized spacial score (nSPS) is 15.5. The summed E-state index contributed by atoms with van der Waals surface area (Å²) in [6.07, 6.45) is 3.61. The first kappa shape index (κ1) is 27.0. The van der Waals surface area contributed by atoms with Crippen molar-refractivity contribution in [3.05, 3.63) is 112 Å². The van der Waals surface area contributed by atoms with E-state index in [0.717, 1.165) is 50.1 Å². The molecule has 2 amide bonds. The molecule has 0 unspecified atom stereocenters. The number of likely N-dealkylation sites (N-methyl/N-ethyl adjacent to an activating group) is 1. The molecular weight excluding hydrogens is 506 g/mol. The fraction of sp³-hybridized carbons (Fsp3) is 0.314. The number of aryl methyl sites for hydroxylation is 2. The number of aromatic nitrogens is 1. The minimum Gasteiger partial charge on any atom is -0.369 e. The average Bonchev–Trinajstić information content (AvgIpc) is 2.99. The van der Waals surface area contributed by atoms with Crippen molar-refractivity contribution >= 4 is 17.5 Å². The first-order valence-corrected chi connectivity index (χ1v) is 14.7. The molecule has 1 fully saturated rings. The highest BCUT2D eigenvalue weighted by Crippen LogP contribution is 2.34. The van der Waals surface area contributed by atoms with Gasteiger partial charge in [-0.2, -0.15) is 0 Å². The van der Waals surface area contributed by atoms with Gasteiger partial charge in [0.25, 0.3) is 0 Å². The Kier molecular flexibility index (Phi) is 7.75. The standard InChI is InChI=1S/C35H39N5O/c1-25-9-12-30(26(2)21-25)29-11-14-34(36-23-29)37-35(41)40-16-15-31-28(22-27-7-5-4-6-8-27)10-13-33(32(31)24-40)39-19-17-38(3)18-20-39/h4-14,21,23H,15-20,22,24H2,1-3H3,(H,36,37,41). The zero-order chi connectivity index (χ0) is 28.3. The van der Waals surface area contributed by atoms with Crippen LogP contribution in [-0.2, 0) is 19.4 Å². The number of hydrogen-bond donors (Lipinski definition) is 1. The van der Waals surface area contributed by atoms with Crippen molar-refractivity contribution in [3.8, 4) is 11.1 Å². The molecule has 2 aliphatic heterocycles. The Morgan fingerprint density at radius 3 is 2.41 bits per heavy atom. The van der Waals surface area contributed by atoms with Gasteiger partial charge in [0.05, 0.1) is 0 Å². The van der Waals surface area contributed by atoms with E-state index in [-0.39, 0.29) is 6.03 Å². The quantitative estimate of drug-likeness (QED) is 0.320. The van der Waals surface area contributed by atoms with Crippen LogP contribution in [0.15, 0.2) is 79.0 Å². The van der Waals surface area contributed by atoms with Gasteiger partial charge in [-0.05, 0) is 85.3 Å². The van der Waals surface area contributed by atoms with E-state index in [0.29, 0.717) is 18.9 Å². The van der Waals surface area contributed by atoms with E-state index >= 15 is 0 Å². The van der Waals surface area contributed by atoms with E-state index in [1.54, 1.807) is 0 Å². The van der Waals surface area contributed by atoms with Gasteiger partial charge in [0.1, 0.15) is 5.82 Å². The second-order valence-corrected chi connectivity index (χ2v) is 11.5. The summed E-state index contributed by atoms with van der Waals surface area (Å²) in [5.41, 5.74) is 11.3. The van der Waals surface area contributed by atoms with Gasteiger partial charge in [-0.15, -0.1) is 0 Å². The first-order valence-electron chi connectivity index (χ1n) is 14.7. The molecule has 0 spiro atoms. The minimum absolute atomic E-state index is 0.0970. The average molecular weight is 546 g/mol. The summed E-state index contributed by atoms with van der Waals surface area (Å²) in [5.74, 6) is 0.575. The Balaban J connectivity index is 1.22. The molecule has 210 valence electrons. The zero-order valence-corrected chi connectivity index (χ0v) is 24.4. The van der Waals surface area contributed by atoms with E-state index in [2.05, 4.69) is 102 Å². The van der Waals surface area contributed by atoms with Crippen molar-refractivity contribution in [2.24, 2.45) is 0 Å². The lowest BCUT2D eigenvalue weighted by Crippen LogP contribution is -2.46. The number of fused-ring (bicyclic) bond motifs is 1. The first-order chi connectivity index (χ1) is 19.9. The Morgan fingerprint density at radius 1 is 0.878 bits per heavy atom. The van der Waals surface area contributed by atoms with E-state index in [1.807, 2.05) is 23.2 Å². The Labute approximate surface area is 243 Å². The van der Waals surface area contributed by atoms with Crippen LogP contribution in [0.4, 0.5) is 16.3 Å². The number of rotatable bonds is 5. The molecule has 1 saturated heterocycles. The minimum atomic E-state index is -0.0970. The van der Waals surface area contributed by atoms with Crippen LogP contribution in [0.5, 0.6) is 0 Å². The van der Waals surface area contributed by atoms with E-state index in [1.165, 1.54) is 39.1 Å².